The molecule has 1 aliphatic rings. The zero-order valence-corrected chi connectivity index (χ0v) is 21.4. The number of rotatable bonds is 9. The van der Waals surface area contributed by atoms with Gasteiger partial charge in [-0.25, -0.2) is 14.8 Å². The molecule has 0 saturated carbocycles. The van der Waals surface area contributed by atoms with Crippen LogP contribution in [-0.4, -0.2) is 76.1 Å². The highest BCUT2D eigenvalue weighted by atomic mass is 16.7. The molecule has 0 aliphatic carbocycles. The molecule has 2 aromatic carbocycles. The van der Waals surface area contributed by atoms with E-state index < -0.39 is 12.1 Å². The van der Waals surface area contributed by atoms with E-state index >= 15 is 0 Å². The van der Waals surface area contributed by atoms with E-state index in [1.54, 1.807) is 38.3 Å². The normalized spacial score (nSPS) is 12.9. The van der Waals surface area contributed by atoms with Gasteiger partial charge in [0.15, 0.2) is 11.5 Å². The first kappa shape index (κ1) is 27.2. The highest BCUT2D eigenvalue weighted by Gasteiger charge is 2.32. The Hall–Kier alpha value is -4.41. The lowest BCUT2D eigenvalue weighted by atomic mass is 10.1. The highest BCUT2D eigenvalue weighted by molar-refractivity contribution is 5.99. The number of hydrazine groups is 1. The largest absolute Gasteiger partial charge is 0.514 e. The van der Waals surface area contributed by atoms with E-state index in [1.165, 1.54) is 49.6 Å². The number of hydrogen-bond acceptors (Lipinski definition) is 9. The minimum absolute atomic E-state index is 0.0236. The molecule has 0 N–H and O–H groups in total. The lowest BCUT2D eigenvalue weighted by molar-refractivity contribution is -0.134. The summed E-state index contributed by atoms with van der Waals surface area (Å²) in [6.45, 7) is 2.47. The molecule has 0 atom stereocenters. The van der Waals surface area contributed by atoms with Crippen LogP contribution in [0, 0.1) is 0 Å². The maximum atomic E-state index is 13.4. The van der Waals surface area contributed by atoms with Crippen molar-refractivity contribution in [2.45, 2.75) is 13.3 Å². The molecule has 0 aromatic heterocycles. The van der Waals surface area contributed by atoms with Crippen molar-refractivity contribution in [1.82, 2.24) is 10.0 Å². The van der Waals surface area contributed by atoms with Crippen LogP contribution in [0.3, 0.4) is 0 Å². The predicted octanol–water partition coefficient (Wildman–Crippen LogP) is 3.56. The van der Waals surface area contributed by atoms with Gasteiger partial charge in [-0.2, -0.15) is 0 Å². The lowest BCUT2D eigenvalue weighted by Gasteiger charge is -2.27. The van der Waals surface area contributed by atoms with Gasteiger partial charge in [-0.3, -0.25) is 9.59 Å². The molecule has 0 radical (unpaired) electrons. The van der Waals surface area contributed by atoms with Crippen molar-refractivity contribution in [3.8, 4) is 28.7 Å². The van der Waals surface area contributed by atoms with Crippen LogP contribution in [-0.2, 0) is 9.53 Å². The Morgan fingerprint density at radius 1 is 0.865 bits per heavy atom. The summed E-state index contributed by atoms with van der Waals surface area (Å²) in [5, 5.41) is 2.73. The molecule has 0 bridgehead atoms. The SMILES string of the molecule is CCOC(=O)Oc1c(OC)cc(C(=O)N2CCCN2C(=O)/C=C/c2cc(OC)ccc2OC)cc1OC. The van der Waals surface area contributed by atoms with Crippen LogP contribution < -0.4 is 23.7 Å². The highest BCUT2D eigenvalue weighted by Crippen LogP contribution is 2.39. The second-order valence-electron chi connectivity index (χ2n) is 7.68. The summed E-state index contributed by atoms with van der Waals surface area (Å²) in [4.78, 5) is 38.3. The van der Waals surface area contributed by atoms with Gasteiger partial charge in [0, 0.05) is 30.3 Å². The molecular formula is C26H30N2O9. The Morgan fingerprint density at radius 3 is 2.11 bits per heavy atom. The molecule has 11 nitrogen and oxygen atoms in total. The summed E-state index contributed by atoms with van der Waals surface area (Å²) in [6, 6.07) is 8.07. The van der Waals surface area contributed by atoms with Crippen molar-refractivity contribution in [1.29, 1.82) is 0 Å². The quantitative estimate of drug-likeness (QED) is 0.282. The molecule has 1 fully saturated rings. The van der Waals surface area contributed by atoms with Crippen molar-refractivity contribution in [2.75, 3.05) is 48.1 Å². The third kappa shape index (κ3) is 6.24. The molecule has 0 unspecified atom stereocenters. The van der Waals surface area contributed by atoms with E-state index in [-0.39, 0.29) is 35.3 Å². The van der Waals surface area contributed by atoms with E-state index in [9.17, 15) is 14.4 Å². The van der Waals surface area contributed by atoms with E-state index in [4.69, 9.17) is 28.4 Å². The summed E-state index contributed by atoms with van der Waals surface area (Å²) in [5.74, 6) is 0.530. The van der Waals surface area contributed by atoms with Crippen LogP contribution in [0.5, 0.6) is 28.7 Å². The minimum Gasteiger partial charge on any atom is -0.497 e. The molecule has 11 heteroatoms. The maximum Gasteiger partial charge on any atom is 0.514 e. The van der Waals surface area contributed by atoms with Gasteiger partial charge in [-0.1, -0.05) is 0 Å². The molecule has 1 saturated heterocycles. The predicted molar refractivity (Wildman–Crippen MR) is 133 cm³/mol. The zero-order valence-electron chi connectivity index (χ0n) is 21.4. The number of hydrogen-bond donors (Lipinski definition) is 0. The van der Waals surface area contributed by atoms with Gasteiger partial charge in [-0.05, 0) is 49.8 Å². The van der Waals surface area contributed by atoms with Crippen LogP contribution in [0.15, 0.2) is 36.4 Å². The summed E-state index contributed by atoms with van der Waals surface area (Å²) >= 11 is 0. The fourth-order valence-electron chi connectivity index (χ4n) is 3.75. The Labute approximate surface area is 215 Å². The van der Waals surface area contributed by atoms with Gasteiger partial charge in [0.05, 0.1) is 35.0 Å². The molecule has 2 aromatic rings. The van der Waals surface area contributed by atoms with Crippen LogP contribution in [0.1, 0.15) is 29.3 Å². The van der Waals surface area contributed by atoms with Crippen LogP contribution >= 0.6 is 0 Å². The molecule has 37 heavy (non-hydrogen) atoms. The molecule has 2 amide bonds. The maximum absolute atomic E-state index is 13.4. The summed E-state index contributed by atoms with van der Waals surface area (Å²) in [7, 11) is 5.82. The van der Waals surface area contributed by atoms with E-state index in [0.29, 0.717) is 36.6 Å². The Bertz CT molecular complexity index is 1150. The third-order valence-electron chi connectivity index (χ3n) is 5.52. The Kier molecular flexibility index (Phi) is 9.20. The van der Waals surface area contributed by atoms with Crippen molar-refractivity contribution in [2.24, 2.45) is 0 Å². The van der Waals surface area contributed by atoms with Gasteiger partial charge < -0.3 is 28.4 Å². The van der Waals surface area contributed by atoms with Crippen molar-refractivity contribution >= 4 is 24.0 Å². The summed E-state index contributed by atoms with van der Waals surface area (Å²) < 4.78 is 31.3. The third-order valence-corrected chi connectivity index (χ3v) is 5.52. The van der Waals surface area contributed by atoms with Crippen LogP contribution in [0.25, 0.3) is 6.08 Å². The second-order valence-corrected chi connectivity index (χ2v) is 7.68. The van der Waals surface area contributed by atoms with Crippen molar-refractivity contribution < 1.29 is 42.8 Å². The number of methoxy groups -OCH3 is 4. The van der Waals surface area contributed by atoms with Gasteiger partial charge >= 0.3 is 6.16 Å². The molecule has 1 aliphatic heterocycles. The van der Waals surface area contributed by atoms with Gasteiger partial charge in [0.2, 0.25) is 5.75 Å². The fourth-order valence-corrected chi connectivity index (χ4v) is 3.75. The Balaban J connectivity index is 1.85. The monoisotopic (exact) mass is 514 g/mol. The number of nitrogens with zero attached hydrogens (tertiary/aromatic N) is 2. The number of ether oxygens (including phenoxy) is 6. The summed E-state index contributed by atoms with van der Waals surface area (Å²) in [6.07, 6.45) is 2.65. The van der Waals surface area contributed by atoms with E-state index in [2.05, 4.69) is 0 Å². The fraction of sp³-hybridized carbons (Fsp3) is 0.346. The first-order chi connectivity index (χ1) is 17.9. The number of benzene rings is 2. The van der Waals surface area contributed by atoms with Gasteiger partial charge in [-0.15, -0.1) is 0 Å². The first-order valence-corrected chi connectivity index (χ1v) is 11.5. The topological polar surface area (TPSA) is 113 Å². The average molecular weight is 515 g/mol. The van der Waals surface area contributed by atoms with Gasteiger partial charge in [0.25, 0.3) is 11.8 Å². The van der Waals surface area contributed by atoms with Crippen LogP contribution in [0.2, 0.25) is 0 Å². The van der Waals surface area contributed by atoms with Gasteiger partial charge in [0.1, 0.15) is 11.5 Å². The standard InChI is InChI=1S/C26H30N2O9/c1-6-36-26(31)37-24-21(34-4)15-18(16-22(24)35-5)25(30)28-13-7-12-27(28)23(29)11-8-17-14-19(32-2)9-10-20(17)33-3/h8-11,14-16H,6-7,12-13H2,1-5H3/b11-8+. The van der Waals surface area contributed by atoms with Crippen molar-refractivity contribution in [3.05, 3.63) is 47.5 Å². The Morgan fingerprint density at radius 2 is 1.51 bits per heavy atom. The smallest absolute Gasteiger partial charge is 0.497 e. The summed E-state index contributed by atoms with van der Waals surface area (Å²) in [5.41, 5.74) is 0.835. The van der Waals surface area contributed by atoms with E-state index in [0.717, 1.165) is 0 Å². The molecule has 1 heterocycles. The van der Waals surface area contributed by atoms with Crippen molar-refractivity contribution in [3.63, 3.8) is 0 Å². The van der Waals surface area contributed by atoms with E-state index in [1.807, 2.05) is 0 Å². The minimum atomic E-state index is -0.936. The zero-order chi connectivity index (χ0) is 26.9. The molecular weight excluding hydrogens is 484 g/mol. The molecule has 3 rings (SSSR count). The number of carbonyl (C=O) groups excluding carboxylic acids is 3. The first-order valence-electron chi connectivity index (χ1n) is 11.5. The molecule has 198 valence electrons. The number of carbonyl (C=O) groups is 3. The number of amides is 2. The molecule has 0 spiro atoms. The van der Waals surface area contributed by atoms with Crippen LogP contribution in [0.4, 0.5) is 4.79 Å². The second kappa shape index (κ2) is 12.5. The average Bonchev–Trinajstić information content (AvgIpc) is 3.41. The lowest BCUT2D eigenvalue weighted by Crippen LogP contribution is -2.44.